The van der Waals surface area contributed by atoms with Crippen molar-refractivity contribution in [3.05, 3.63) is 119 Å². The van der Waals surface area contributed by atoms with Crippen LogP contribution in [0.3, 0.4) is 0 Å². The van der Waals surface area contributed by atoms with Crippen LogP contribution in [-0.2, 0) is 4.74 Å². The lowest BCUT2D eigenvalue weighted by Crippen LogP contribution is -2.45. The van der Waals surface area contributed by atoms with Crippen LogP contribution >= 0.6 is 0 Å². The summed E-state index contributed by atoms with van der Waals surface area (Å²) in [5, 5.41) is 0. The van der Waals surface area contributed by atoms with Gasteiger partial charge in [0.2, 0.25) is 0 Å². The molecule has 0 aliphatic heterocycles. The molecule has 0 aromatic heterocycles. The number of ether oxygens (including phenoxy) is 1. The van der Waals surface area contributed by atoms with E-state index in [0.29, 0.717) is 48.7 Å². The number of hydrogen-bond donors (Lipinski definition) is 0. The van der Waals surface area contributed by atoms with Crippen molar-refractivity contribution in [2.45, 2.75) is 193 Å². The summed E-state index contributed by atoms with van der Waals surface area (Å²) in [5.41, 5.74) is -1.03. The normalized spacial score (nSPS) is 27.7. The van der Waals surface area contributed by atoms with E-state index in [9.17, 15) is 0 Å². The Balaban J connectivity index is 1.18. The van der Waals surface area contributed by atoms with Crippen molar-refractivity contribution in [2.24, 2.45) is 34.5 Å². The van der Waals surface area contributed by atoms with Gasteiger partial charge >= 0.3 is 12.4 Å². The highest BCUT2D eigenvalue weighted by atomic mass is 19.4. The van der Waals surface area contributed by atoms with Crippen LogP contribution in [0.1, 0.15) is 191 Å². The molecule has 0 spiro atoms. The quantitative estimate of drug-likeness (QED) is 0.0846. The summed E-state index contributed by atoms with van der Waals surface area (Å²) in [6.45, 7) is 4.43. The first-order valence-corrected chi connectivity index (χ1v) is 25.1. The van der Waals surface area contributed by atoms with Gasteiger partial charge in [0.1, 0.15) is 12.2 Å². The molecule has 1 nitrogen and oxygen atoms in total. The molecule has 4 unspecified atom stereocenters. The van der Waals surface area contributed by atoms with Crippen LogP contribution in [0.15, 0.2) is 108 Å². The lowest BCUT2D eigenvalue weighted by Gasteiger charge is -2.45. The third-order valence-corrected chi connectivity index (χ3v) is 15.7. The molecular weight excluding hydrogens is 803 g/mol. The summed E-state index contributed by atoms with van der Waals surface area (Å²) >= 11 is 0. The van der Waals surface area contributed by atoms with E-state index < -0.39 is 47.2 Å². The predicted octanol–water partition coefficient (Wildman–Crippen LogP) is 18.5. The van der Waals surface area contributed by atoms with E-state index in [1.54, 1.807) is 24.3 Å². The van der Waals surface area contributed by atoms with Crippen LogP contribution in [0, 0.1) is 34.5 Å². The molecule has 2 aromatic rings. The van der Waals surface area contributed by atoms with E-state index in [1.165, 1.54) is 76.4 Å². The Morgan fingerprint density at radius 1 is 0.492 bits per heavy atom. The topological polar surface area (TPSA) is 9.23 Å². The van der Waals surface area contributed by atoms with Gasteiger partial charge in [0.15, 0.2) is 0 Å². The van der Waals surface area contributed by atoms with Gasteiger partial charge in [0.25, 0.3) is 0 Å². The molecule has 63 heavy (non-hydrogen) atoms. The molecule has 4 aliphatic carbocycles. The second kappa shape index (κ2) is 23.4. The van der Waals surface area contributed by atoms with E-state index in [0.717, 1.165) is 62.5 Å². The smallest absolute Gasteiger partial charge is 0.356 e. The van der Waals surface area contributed by atoms with Crippen molar-refractivity contribution >= 4 is 0 Å². The highest BCUT2D eigenvalue weighted by Gasteiger charge is 2.59. The van der Waals surface area contributed by atoms with E-state index in [4.69, 9.17) is 4.74 Å². The maximum Gasteiger partial charge on any atom is 0.398 e. The number of hydrogen-bond acceptors (Lipinski definition) is 1. The summed E-state index contributed by atoms with van der Waals surface area (Å²) in [6, 6.07) is 19.0. The number of unbranched alkanes of at least 4 members (excludes halogenated alkanes) is 10. The van der Waals surface area contributed by atoms with Crippen LogP contribution in [0.5, 0.6) is 0 Å². The first-order valence-electron chi connectivity index (χ1n) is 25.1. The number of rotatable bonds is 22. The van der Waals surface area contributed by atoms with Gasteiger partial charge < -0.3 is 4.74 Å². The molecule has 0 amide bonds. The highest BCUT2D eigenvalue weighted by molar-refractivity contribution is 5.41. The van der Waals surface area contributed by atoms with Gasteiger partial charge in [-0.05, 0) is 84.5 Å². The van der Waals surface area contributed by atoms with Crippen molar-refractivity contribution in [3.8, 4) is 0 Å². The first-order chi connectivity index (χ1) is 30.4. The van der Waals surface area contributed by atoms with E-state index in [-0.39, 0.29) is 12.8 Å². The Kier molecular flexibility index (Phi) is 18.3. The molecule has 348 valence electrons. The Labute approximate surface area is 376 Å². The second-order valence-electron chi connectivity index (χ2n) is 19.8. The average molecular weight is 879 g/mol. The zero-order chi connectivity index (χ0) is 44.8. The van der Waals surface area contributed by atoms with E-state index >= 15 is 26.3 Å². The molecule has 0 heterocycles. The van der Waals surface area contributed by atoms with E-state index in [2.05, 4.69) is 13.8 Å². The minimum atomic E-state index is -4.41. The Morgan fingerprint density at radius 3 is 1.16 bits per heavy atom. The van der Waals surface area contributed by atoms with Crippen LogP contribution in [-0.4, -0.2) is 12.4 Å². The summed E-state index contributed by atoms with van der Waals surface area (Å²) in [4.78, 5) is 0. The number of alkyl halides is 6. The molecule has 4 atom stereocenters. The van der Waals surface area contributed by atoms with Crippen LogP contribution in [0.25, 0.3) is 0 Å². The van der Waals surface area contributed by atoms with E-state index in [1.807, 2.05) is 60.7 Å². The lowest BCUT2D eigenvalue weighted by molar-refractivity contribution is -0.227. The van der Waals surface area contributed by atoms with Gasteiger partial charge in [0, 0.05) is 0 Å². The molecule has 0 saturated heterocycles. The summed E-state index contributed by atoms with van der Waals surface area (Å²) in [6.07, 6.45) is 21.6. The summed E-state index contributed by atoms with van der Waals surface area (Å²) < 4.78 is 99.1. The lowest BCUT2D eigenvalue weighted by atomic mass is 9.62. The number of allylic oxidation sites excluding steroid dienone is 4. The van der Waals surface area contributed by atoms with Crippen LogP contribution in [0.4, 0.5) is 26.3 Å². The van der Waals surface area contributed by atoms with Gasteiger partial charge in [-0.1, -0.05) is 227 Å². The van der Waals surface area contributed by atoms with Gasteiger partial charge in [0.05, 0.1) is 10.8 Å². The van der Waals surface area contributed by atoms with Crippen LogP contribution < -0.4 is 0 Å². The second-order valence-corrected chi connectivity index (χ2v) is 19.8. The van der Waals surface area contributed by atoms with Crippen molar-refractivity contribution in [1.82, 2.24) is 0 Å². The Bertz CT molecular complexity index is 1630. The first kappa shape index (κ1) is 49.4. The predicted molar refractivity (Wildman–Crippen MR) is 247 cm³/mol. The van der Waals surface area contributed by atoms with Crippen LogP contribution in [0.2, 0.25) is 0 Å². The molecule has 2 aromatic carbocycles. The Morgan fingerprint density at radius 2 is 0.841 bits per heavy atom. The molecule has 0 bridgehead atoms. The average Bonchev–Trinajstić information content (AvgIpc) is 3.29. The number of benzene rings is 2. The van der Waals surface area contributed by atoms with Crippen molar-refractivity contribution in [1.29, 1.82) is 0 Å². The Hall–Kier alpha value is -3.06. The number of halogens is 6. The standard InChI is InChI=1S/C56H76F6O/c1-3-5-7-9-11-15-21-43-27-31-49(32-28-43)53(55(57,58)59)39-35-47(36-40-53)51(45-23-17-13-18-24-45)63-52(46-25-19-14-20-26-46)48-37-41-54(42-38-48,56(60,61)62)50-33-29-44(30-34-50)22-16-12-10-8-6-4-2/h13-14,17-20,23-26,35-39,41,43-44,49-52H,3-12,15-16,21-22,27-34,40,42H2,1-2H3. The zero-order valence-corrected chi connectivity index (χ0v) is 38.3. The molecule has 6 rings (SSSR count). The molecule has 2 fully saturated rings. The molecule has 0 N–H and O–H groups in total. The van der Waals surface area contributed by atoms with Gasteiger partial charge in [-0.15, -0.1) is 0 Å². The largest absolute Gasteiger partial charge is 0.398 e. The fraction of sp³-hybridized carbons (Fsp3) is 0.643. The summed E-state index contributed by atoms with van der Waals surface area (Å²) in [5.74, 6) is 0.0345. The third kappa shape index (κ3) is 12.6. The van der Waals surface area contributed by atoms with Gasteiger partial charge in [-0.3, -0.25) is 0 Å². The molecule has 2 saturated carbocycles. The fourth-order valence-electron chi connectivity index (χ4n) is 11.7. The van der Waals surface area contributed by atoms with Crippen molar-refractivity contribution in [2.75, 3.05) is 0 Å². The minimum Gasteiger partial charge on any atom is -0.356 e. The molecule has 4 aliphatic rings. The molecular formula is C56H76F6O. The monoisotopic (exact) mass is 879 g/mol. The summed E-state index contributed by atoms with van der Waals surface area (Å²) in [7, 11) is 0. The zero-order valence-electron chi connectivity index (χ0n) is 38.3. The molecule has 0 radical (unpaired) electrons. The molecule has 7 heteroatoms. The highest BCUT2D eigenvalue weighted by Crippen LogP contribution is 2.58. The van der Waals surface area contributed by atoms with Gasteiger partial charge in [-0.2, -0.15) is 26.3 Å². The SMILES string of the molecule is CCCCCCCCC1CCC(C2(C(F)(F)F)C=CC(C(OC(C3=CCC(C4CCC(CCCCCCCC)CC4)(C(F)(F)F)C=C3)c3ccccc3)c3ccccc3)=CC2)CC1. The van der Waals surface area contributed by atoms with Crippen molar-refractivity contribution < 1.29 is 31.1 Å². The van der Waals surface area contributed by atoms with Crippen molar-refractivity contribution in [3.63, 3.8) is 0 Å². The van der Waals surface area contributed by atoms with Gasteiger partial charge in [-0.25, -0.2) is 0 Å². The fourth-order valence-corrected chi connectivity index (χ4v) is 11.7. The maximum atomic E-state index is 15.3. The maximum absolute atomic E-state index is 15.3. The minimum absolute atomic E-state index is 0.157. The third-order valence-electron chi connectivity index (χ3n) is 15.7.